The molecule has 112 valence electrons. The fraction of sp³-hybridized carbons (Fsp3) is 0.467. The average Bonchev–Trinajstić information content (AvgIpc) is 2.50. The van der Waals surface area contributed by atoms with Gasteiger partial charge in [0.1, 0.15) is 5.75 Å². The van der Waals surface area contributed by atoms with Crippen LogP contribution in [0.2, 0.25) is 6.04 Å². The van der Waals surface area contributed by atoms with Crippen molar-refractivity contribution in [3.05, 3.63) is 35.9 Å². The molecule has 0 atom stereocenters. The molecule has 1 rings (SSSR count). The lowest BCUT2D eigenvalue weighted by atomic mass is 10.2. The topological polar surface area (TPSA) is 36.9 Å². The van der Waals surface area contributed by atoms with Crippen LogP contribution in [0.1, 0.15) is 18.9 Å². The summed E-state index contributed by atoms with van der Waals surface area (Å²) in [5, 5.41) is 0. The molecule has 0 aromatic heterocycles. The molecule has 5 heteroatoms. The summed E-state index contributed by atoms with van der Waals surface area (Å²) < 4.78 is 22.0. The molecule has 0 aliphatic carbocycles. The van der Waals surface area contributed by atoms with E-state index in [0.29, 0.717) is 6.61 Å². The molecule has 0 fully saturated rings. The van der Waals surface area contributed by atoms with E-state index >= 15 is 0 Å². The zero-order valence-electron chi connectivity index (χ0n) is 12.7. The number of ether oxygens (including phenoxy) is 1. The van der Waals surface area contributed by atoms with Crippen LogP contribution in [-0.2, 0) is 13.3 Å². The van der Waals surface area contributed by atoms with Crippen LogP contribution in [0.5, 0.6) is 5.75 Å². The van der Waals surface area contributed by atoms with Crippen molar-refractivity contribution in [1.29, 1.82) is 0 Å². The summed E-state index contributed by atoms with van der Waals surface area (Å²) in [4.78, 5) is 0. The first kappa shape index (κ1) is 16.9. The predicted octanol–water partition coefficient (Wildman–Crippen LogP) is 3.37. The molecule has 0 aliphatic rings. The second-order valence-electron chi connectivity index (χ2n) is 4.29. The lowest BCUT2D eigenvalue weighted by Crippen LogP contribution is -2.42. The van der Waals surface area contributed by atoms with Gasteiger partial charge in [0.25, 0.3) is 0 Å². The molecule has 0 N–H and O–H groups in total. The van der Waals surface area contributed by atoms with Crippen LogP contribution in [0, 0.1) is 0 Å². The number of rotatable bonds is 9. The van der Waals surface area contributed by atoms with Crippen LogP contribution in [-0.4, -0.2) is 36.7 Å². The van der Waals surface area contributed by atoms with E-state index in [-0.39, 0.29) is 0 Å². The summed E-state index contributed by atoms with van der Waals surface area (Å²) in [5.74, 6) is 0.894. The van der Waals surface area contributed by atoms with E-state index in [2.05, 4.69) is 0 Å². The van der Waals surface area contributed by atoms with Gasteiger partial charge in [-0.25, -0.2) is 0 Å². The normalized spacial score (nSPS) is 12.0. The van der Waals surface area contributed by atoms with E-state index in [4.69, 9.17) is 18.0 Å². The van der Waals surface area contributed by atoms with E-state index in [1.54, 1.807) is 21.3 Å². The zero-order valence-corrected chi connectivity index (χ0v) is 13.7. The summed E-state index contributed by atoms with van der Waals surface area (Å²) >= 11 is 0. The van der Waals surface area contributed by atoms with Crippen LogP contribution < -0.4 is 4.74 Å². The first-order valence-electron chi connectivity index (χ1n) is 6.71. The van der Waals surface area contributed by atoms with Crippen LogP contribution in [0.3, 0.4) is 0 Å². The molecule has 0 radical (unpaired) electrons. The van der Waals surface area contributed by atoms with E-state index in [9.17, 15) is 0 Å². The fourth-order valence-corrected chi connectivity index (χ4v) is 3.65. The number of para-hydroxylation sites is 1. The summed E-state index contributed by atoms with van der Waals surface area (Å²) in [6.07, 6.45) is 4.86. The van der Waals surface area contributed by atoms with Crippen molar-refractivity contribution in [3.63, 3.8) is 0 Å². The summed E-state index contributed by atoms with van der Waals surface area (Å²) in [5.41, 5.74) is 1.09. The van der Waals surface area contributed by atoms with Gasteiger partial charge < -0.3 is 18.0 Å². The van der Waals surface area contributed by atoms with Crippen LogP contribution >= 0.6 is 0 Å². The van der Waals surface area contributed by atoms with E-state index in [1.807, 2.05) is 43.3 Å². The molecule has 0 saturated heterocycles. The molecule has 20 heavy (non-hydrogen) atoms. The smallest absolute Gasteiger partial charge is 0.493 e. The van der Waals surface area contributed by atoms with Gasteiger partial charge in [-0.2, -0.15) is 0 Å². The summed E-state index contributed by atoms with van der Waals surface area (Å²) in [6.45, 7) is 2.60. The van der Waals surface area contributed by atoms with E-state index in [1.165, 1.54) is 0 Å². The number of hydrogen-bond donors (Lipinski definition) is 0. The third kappa shape index (κ3) is 4.75. The van der Waals surface area contributed by atoms with Crippen molar-refractivity contribution in [2.45, 2.75) is 19.4 Å². The first-order valence-corrected chi connectivity index (χ1v) is 8.64. The summed E-state index contributed by atoms with van der Waals surface area (Å²) in [6, 6.07) is 8.72. The van der Waals surface area contributed by atoms with Gasteiger partial charge in [0.05, 0.1) is 6.61 Å². The molecule has 0 aliphatic heterocycles. The molecule has 0 heterocycles. The molecule has 1 aromatic carbocycles. The number of hydrogen-bond acceptors (Lipinski definition) is 4. The molecule has 0 unspecified atom stereocenters. The molecule has 0 amide bonds. The minimum atomic E-state index is -2.48. The minimum absolute atomic E-state index is 0.611. The molecule has 0 spiro atoms. The Kier molecular flexibility index (Phi) is 7.54. The van der Waals surface area contributed by atoms with Crippen molar-refractivity contribution < 1.29 is 18.0 Å². The Morgan fingerprint density at radius 3 is 2.30 bits per heavy atom. The molecular weight excluding hydrogens is 272 g/mol. The Hall–Kier alpha value is -1.14. The maximum Gasteiger partial charge on any atom is 0.500 e. The monoisotopic (exact) mass is 296 g/mol. The third-order valence-electron chi connectivity index (χ3n) is 3.08. The first-order chi connectivity index (χ1) is 9.71. The Morgan fingerprint density at radius 1 is 1.05 bits per heavy atom. The zero-order chi connectivity index (χ0) is 14.8. The van der Waals surface area contributed by atoms with Crippen molar-refractivity contribution >= 4 is 14.9 Å². The maximum absolute atomic E-state index is 5.82. The fourth-order valence-electron chi connectivity index (χ4n) is 1.96. The van der Waals surface area contributed by atoms with Gasteiger partial charge in [0, 0.05) is 32.9 Å². The highest BCUT2D eigenvalue weighted by Gasteiger charge is 2.36. The van der Waals surface area contributed by atoms with Gasteiger partial charge in [-0.3, -0.25) is 0 Å². The largest absolute Gasteiger partial charge is 0.500 e. The molecule has 0 saturated carbocycles. The maximum atomic E-state index is 5.82. The molecule has 4 nitrogen and oxygen atoms in total. The van der Waals surface area contributed by atoms with E-state index in [0.717, 1.165) is 23.8 Å². The second-order valence-corrected chi connectivity index (χ2v) is 7.38. The van der Waals surface area contributed by atoms with Gasteiger partial charge in [0.15, 0.2) is 0 Å². The van der Waals surface area contributed by atoms with Crippen LogP contribution in [0.4, 0.5) is 0 Å². The standard InChI is InChI=1S/C15H24O4Si/c1-5-9-14-10-6-7-11-15(14)19-12-8-13-20(16-2,17-3)18-4/h5-7,9-11H,8,12-13H2,1-4H3. The highest BCUT2D eigenvalue weighted by Crippen LogP contribution is 2.21. The minimum Gasteiger partial charge on any atom is -0.493 e. The Balaban J connectivity index is 2.49. The lowest BCUT2D eigenvalue weighted by Gasteiger charge is -2.24. The van der Waals surface area contributed by atoms with Crippen LogP contribution in [0.25, 0.3) is 6.08 Å². The van der Waals surface area contributed by atoms with Crippen molar-refractivity contribution in [2.75, 3.05) is 27.9 Å². The van der Waals surface area contributed by atoms with Gasteiger partial charge in [-0.1, -0.05) is 30.4 Å². The summed E-state index contributed by atoms with van der Waals surface area (Å²) in [7, 11) is 2.40. The Bertz CT molecular complexity index is 408. The average molecular weight is 296 g/mol. The van der Waals surface area contributed by atoms with Crippen molar-refractivity contribution in [3.8, 4) is 5.75 Å². The van der Waals surface area contributed by atoms with Gasteiger partial charge in [-0.05, 0) is 19.4 Å². The molecule has 0 bridgehead atoms. The number of benzene rings is 1. The third-order valence-corrected chi connectivity index (χ3v) is 5.92. The SMILES string of the molecule is CC=Cc1ccccc1OCCC[Si](OC)(OC)OC. The van der Waals surface area contributed by atoms with Gasteiger partial charge in [0.2, 0.25) is 0 Å². The number of allylic oxidation sites excluding steroid dienone is 1. The quantitative estimate of drug-likeness (QED) is 0.517. The highest BCUT2D eigenvalue weighted by atomic mass is 28.4. The Morgan fingerprint density at radius 2 is 1.70 bits per heavy atom. The van der Waals surface area contributed by atoms with Crippen LogP contribution in [0.15, 0.2) is 30.3 Å². The van der Waals surface area contributed by atoms with Gasteiger partial charge >= 0.3 is 8.80 Å². The highest BCUT2D eigenvalue weighted by molar-refractivity contribution is 6.60. The van der Waals surface area contributed by atoms with E-state index < -0.39 is 8.80 Å². The molecular formula is C15H24O4Si. The van der Waals surface area contributed by atoms with Crippen molar-refractivity contribution in [1.82, 2.24) is 0 Å². The van der Waals surface area contributed by atoms with Gasteiger partial charge in [-0.15, -0.1) is 0 Å². The Labute approximate surface area is 122 Å². The predicted molar refractivity (Wildman–Crippen MR) is 82.9 cm³/mol. The lowest BCUT2D eigenvalue weighted by molar-refractivity contribution is 0.121. The second kappa shape index (κ2) is 8.92. The van der Waals surface area contributed by atoms with Crippen molar-refractivity contribution in [2.24, 2.45) is 0 Å². The molecule has 1 aromatic rings.